The highest BCUT2D eigenvalue weighted by atomic mass is 16.5. The summed E-state index contributed by atoms with van der Waals surface area (Å²) in [4.78, 5) is 10.0. The van der Waals surface area contributed by atoms with Crippen LogP contribution in [0.25, 0.3) is 22.3 Å². The van der Waals surface area contributed by atoms with Gasteiger partial charge < -0.3 is 9.30 Å². The summed E-state index contributed by atoms with van der Waals surface area (Å²) >= 11 is 0. The van der Waals surface area contributed by atoms with E-state index in [4.69, 9.17) is 14.7 Å². The lowest BCUT2D eigenvalue weighted by atomic mass is 10.0. The van der Waals surface area contributed by atoms with Crippen LogP contribution in [0.15, 0.2) is 24.4 Å². The van der Waals surface area contributed by atoms with E-state index in [0.717, 1.165) is 41.0 Å². The van der Waals surface area contributed by atoms with E-state index in [1.54, 1.807) is 7.11 Å². The number of nitrogens with zero attached hydrogens (tertiary/aromatic N) is 3. The SMILES string of the molecule is CCc1nc(C(C)C)ccc1-c1nc2c(C)cn(C(CC)COC)c2cc1C. The molecule has 3 heterocycles. The molecule has 0 saturated heterocycles. The van der Waals surface area contributed by atoms with E-state index < -0.39 is 0 Å². The van der Waals surface area contributed by atoms with Gasteiger partial charge in [-0.25, -0.2) is 4.98 Å². The third-order valence-corrected chi connectivity index (χ3v) is 5.58. The second-order valence-electron chi connectivity index (χ2n) is 8.00. The Hall–Kier alpha value is -2.20. The number of methoxy groups -OCH3 is 1. The summed E-state index contributed by atoms with van der Waals surface area (Å²) < 4.78 is 7.77. The van der Waals surface area contributed by atoms with Crippen LogP contribution in [0.3, 0.4) is 0 Å². The summed E-state index contributed by atoms with van der Waals surface area (Å²) in [5.41, 5.74) is 9.13. The number of aromatic nitrogens is 3. The maximum absolute atomic E-state index is 5.44. The van der Waals surface area contributed by atoms with Crippen molar-refractivity contribution in [3.8, 4) is 11.3 Å². The average Bonchev–Trinajstić information content (AvgIpc) is 3.00. The van der Waals surface area contributed by atoms with Crippen LogP contribution >= 0.6 is 0 Å². The van der Waals surface area contributed by atoms with Crippen molar-refractivity contribution in [1.82, 2.24) is 14.5 Å². The summed E-state index contributed by atoms with van der Waals surface area (Å²) in [6.45, 7) is 13.8. The first-order chi connectivity index (χ1) is 13.4. The van der Waals surface area contributed by atoms with Gasteiger partial charge in [0.1, 0.15) is 0 Å². The molecule has 1 atom stereocenters. The van der Waals surface area contributed by atoms with Crippen molar-refractivity contribution in [2.75, 3.05) is 13.7 Å². The van der Waals surface area contributed by atoms with Gasteiger partial charge in [0.25, 0.3) is 0 Å². The number of fused-ring (bicyclic) bond motifs is 1. The predicted molar refractivity (Wildman–Crippen MR) is 117 cm³/mol. The zero-order chi connectivity index (χ0) is 20.4. The topological polar surface area (TPSA) is 39.9 Å². The van der Waals surface area contributed by atoms with Gasteiger partial charge in [0.05, 0.1) is 29.4 Å². The molecule has 150 valence electrons. The molecule has 0 bridgehead atoms. The molecular weight excluding hydrogens is 346 g/mol. The van der Waals surface area contributed by atoms with Crippen LogP contribution < -0.4 is 0 Å². The summed E-state index contributed by atoms with van der Waals surface area (Å²) in [5.74, 6) is 0.430. The van der Waals surface area contributed by atoms with Crippen molar-refractivity contribution in [3.05, 3.63) is 46.9 Å². The Morgan fingerprint density at radius 2 is 1.82 bits per heavy atom. The zero-order valence-electron chi connectivity index (χ0n) is 18.3. The molecule has 0 aliphatic heterocycles. The second-order valence-corrected chi connectivity index (χ2v) is 8.00. The van der Waals surface area contributed by atoms with Gasteiger partial charge in [0.2, 0.25) is 0 Å². The number of hydrogen-bond acceptors (Lipinski definition) is 3. The minimum Gasteiger partial charge on any atom is -0.383 e. The standard InChI is InChI=1S/C24H33N3O/c1-8-18(14-28-7)27-13-17(6)24-22(27)12-16(5)23(26-24)19-10-11-21(15(3)4)25-20(19)9-2/h10-13,15,18H,8-9,14H2,1-7H3. The number of pyridine rings is 2. The Balaban J connectivity index is 2.17. The van der Waals surface area contributed by atoms with Gasteiger partial charge in [0.15, 0.2) is 0 Å². The minimum atomic E-state index is 0.325. The van der Waals surface area contributed by atoms with Crippen molar-refractivity contribution in [1.29, 1.82) is 0 Å². The number of hydrogen-bond donors (Lipinski definition) is 0. The maximum atomic E-state index is 5.44. The molecule has 0 aliphatic rings. The molecule has 0 aliphatic carbocycles. The summed E-state index contributed by atoms with van der Waals surface area (Å²) in [6.07, 6.45) is 4.15. The number of ether oxygens (including phenoxy) is 1. The monoisotopic (exact) mass is 379 g/mol. The Labute approximate surface area is 169 Å². The van der Waals surface area contributed by atoms with Crippen LogP contribution in [-0.4, -0.2) is 28.3 Å². The van der Waals surface area contributed by atoms with Crippen molar-refractivity contribution >= 4 is 11.0 Å². The van der Waals surface area contributed by atoms with Gasteiger partial charge in [-0.1, -0.05) is 27.7 Å². The lowest BCUT2D eigenvalue weighted by molar-refractivity contribution is 0.155. The maximum Gasteiger partial charge on any atom is 0.0917 e. The normalized spacial score (nSPS) is 12.9. The lowest BCUT2D eigenvalue weighted by Gasteiger charge is -2.18. The molecule has 0 aromatic carbocycles. The van der Waals surface area contributed by atoms with Crippen LogP contribution in [0.2, 0.25) is 0 Å². The third-order valence-electron chi connectivity index (χ3n) is 5.58. The average molecular weight is 380 g/mol. The molecule has 4 nitrogen and oxygen atoms in total. The molecule has 4 heteroatoms. The largest absolute Gasteiger partial charge is 0.383 e. The van der Waals surface area contributed by atoms with E-state index in [0.29, 0.717) is 18.6 Å². The van der Waals surface area contributed by atoms with Gasteiger partial charge >= 0.3 is 0 Å². The first-order valence-electron chi connectivity index (χ1n) is 10.4. The van der Waals surface area contributed by atoms with E-state index in [1.807, 2.05) is 0 Å². The summed E-state index contributed by atoms with van der Waals surface area (Å²) in [7, 11) is 1.77. The molecule has 0 fully saturated rings. The van der Waals surface area contributed by atoms with Gasteiger partial charge in [-0.05, 0) is 61.9 Å². The molecule has 3 aromatic heterocycles. The van der Waals surface area contributed by atoms with E-state index in [9.17, 15) is 0 Å². The Morgan fingerprint density at radius 1 is 1.07 bits per heavy atom. The van der Waals surface area contributed by atoms with E-state index in [2.05, 4.69) is 70.5 Å². The Bertz CT molecular complexity index is 972. The number of rotatable bonds is 7. The first-order valence-corrected chi connectivity index (χ1v) is 10.4. The van der Waals surface area contributed by atoms with Crippen LogP contribution in [0.5, 0.6) is 0 Å². The fourth-order valence-corrected chi connectivity index (χ4v) is 3.91. The van der Waals surface area contributed by atoms with Gasteiger partial charge in [-0.2, -0.15) is 0 Å². The second kappa shape index (κ2) is 8.44. The fraction of sp³-hybridized carbons (Fsp3) is 0.500. The summed E-state index contributed by atoms with van der Waals surface area (Å²) in [5, 5.41) is 0. The van der Waals surface area contributed by atoms with Crippen LogP contribution in [0.4, 0.5) is 0 Å². The van der Waals surface area contributed by atoms with Crippen molar-refractivity contribution in [2.24, 2.45) is 0 Å². The predicted octanol–water partition coefficient (Wildman–Crippen LogP) is 6.00. The van der Waals surface area contributed by atoms with E-state index >= 15 is 0 Å². The smallest absolute Gasteiger partial charge is 0.0917 e. The molecule has 28 heavy (non-hydrogen) atoms. The molecule has 0 N–H and O–H groups in total. The molecule has 0 amide bonds. The Kier molecular flexibility index (Phi) is 6.19. The molecule has 0 saturated carbocycles. The molecular formula is C24H33N3O. The highest BCUT2D eigenvalue weighted by molar-refractivity contribution is 5.84. The lowest BCUT2D eigenvalue weighted by Crippen LogP contribution is -2.13. The molecule has 1 unspecified atom stereocenters. The van der Waals surface area contributed by atoms with Crippen LogP contribution in [-0.2, 0) is 11.2 Å². The van der Waals surface area contributed by atoms with E-state index in [-0.39, 0.29) is 0 Å². The molecule has 3 rings (SSSR count). The molecule has 0 radical (unpaired) electrons. The fourth-order valence-electron chi connectivity index (χ4n) is 3.91. The van der Waals surface area contributed by atoms with E-state index in [1.165, 1.54) is 16.6 Å². The van der Waals surface area contributed by atoms with Gasteiger partial charge in [-0.3, -0.25) is 4.98 Å². The highest BCUT2D eigenvalue weighted by Gasteiger charge is 2.18. The van der Waals surface area contributed by atoms with Crippen molar-refractivity contribution < 1.29 is 4.74 Å². The van der Waals surface area contributed by atoms with Crippen molar-refractivity contribution in [2.45, 2.75) is 66.3 Å². The molecule has 3 aromatic rings. The highest BCUT2D eigenvalue weighted by Crippen LogP contribution is 2.32. The van der Waals surface area contributed by atoms with Gasteiger partial charge in [0, 0.05) is 30.3 Å². The third kappa shape index (κ3) is 3.70. The minimum absolute atomic E-state index is 0.325. The quantitative estimate of drug-likeness (QED) is 0.505. The van der Waals surface area contributed by atoms with Gasteiger partial charge in [-0.15, -0.1) is 0 Å². The van der Waals surface area contributed by atoms with Crippen molar-refractivity contribution in [3.63, 3.8) is 0 Å². The number of aryl methyl sites for hydroxylation is 3. The van der Waals surface area contributed by atoms with Crippen LogP contribution in [0.1, 0.15) is 68.6 Å². The summed E-state index contributed by atoms with van der Waals surface area (Å²) in [6, 6.07) is 6.95. The first kappa shape index (κ1) is 20.5. The Morgan fingerprint density at radius 3 is 2.43 bits per heavy atom. The van der Waals surface area contributed by atoms with Crippen LogP contribution in [0, 0.1) is 13.8 Å². The zero-order valence-corrected chi connectivity index (χ0v) is 18.3. The molecule has 0 spiro atoms.